The van der Waals surface area contributed by atoms with Crippen molar-refractivity contribution in [3.05, 3.63) is 172 Å². The van der Waals surface area contributed by atoms with Crippen molar-refractivity contribution in [2.24, 2.45) is 0 Å². The van der Waals surface area contributed by atoms with Crippen molar-refractivity contribution in [1.82, 2.24) is 15.0 Å². The molecule has 5 aromatic carbocycles. The molecule has 1 aromatic heterocycles. The van der Waals surface area contributed by atoms with Gasteiger partial charge < -0.3 is 4.74 Å². The maximum absolute atomic E-state index is 14.3. The van der Waals surface area contributed by atoms with Gasteiger partial charge in [-0.05, 0) is 65.4 Å². The Balaban J connectivity index is 1.37. The van der Waals surface area contributed by atoms with E-state index in [1.807, 2.05) is 103 Å². The number of alkyl halides is 3. The van der Waals surface area contributed by atoms with Crippen LogP contribution in [0.1, 0.15) is 46.4 Å². The third-order valence-corrected chi connectivity index (χ3v) is 9.18. The van der Waals surface area contributed by atoms with Gasteiger partial charge in [0.05, 0.1) is 12.2 Å². The normalized spacial score (nSPS) is 13.9. The molecule has 0 aliphatic heterocycles. The van der Waals surface area contributed by atoms with Crippen molar-refractivity contribution < 1.29 is 17.9 Å². The van der Waals surface area contributed by atoms with Gasteiger partial charge in [0, 0.05) is 16.0 Å². The van der Waals surface area contributed by atoms with Crippen molar-refractivity contribution in [1.29, 1.82) is 5.26 Å². The minimum Gasteiger partial charge on any atom is -0.493 e. The van der Waals surface area contributed by atoms with Gasteiger partial charge >= 0.3 is 6.18 Å². The topological polar surface area (TPSA) is 63.7 Å². The molecule has 1 aliphatic rings. The molecular weight excluding hydrogens is 633 g/mol. The lowest BCUT2D eigenvalue weighted by atomic mass is 9.77. The third-order valence-electron chi connectivity index (χ3n) is 8.93. The fraction of sp³-hybridized carbons (Fsp3) is 0.154. The van der Waals surface area contributed by atoms with Crippen LogP contribution in [-0.4, -0.2) is 21.6 Å². The summed E-state index contributed by atoms with van der Waals surface area (Å²) >= 11 is 6.08. The molecule has 0 amide bonds. The molecule has 6 aromatic rings. The van der Waals surface area contributed by atoms with E-state index < -0.39 is 17.3 Å². The minimum atomic E-state index is -4.67. The molecule has 238 valence electrons. The van der Waals surface area contributed by atoms with Gasteiger partial charge in [0.2, 0.25) is 0 Å². The number of nitrogens with zero attached hydrogens (tertiary/aromatic N) is 4. The Morgan fingerprint density at radius 2 is 1.27 bits per heavy atom. The molecule has 48 heavy (non-hydrogen) atoms. The van der Waals surface area contributed by atoms with Crippen LogP contribution >= 0.6 is 11.6 Å². The molecule has 0 unspecified atom stereocenters. The summed E-state index contributed by atoms with van der Waals surface area (Å²) in [4.78, 5) is 1.45. The van der Waals surface area contributed by atoms with Crippen molar-refractivity contribution >= 4 is 11.6 Å². The Morgan fingerprint density at radius 3 is 1.75 bits per heavy atom. The maximum atomic E-state index is 14.3. The van der Waals surface area contributed by atoms with Crippen LogP contribution in [-0.2, 0) is 17.1 Å². The van der Waals surface area contributed by atoms with Crippen molar-refractivity contribution in [3.63, 3.8) is 0 Å². The van der Waals surface area contributed by atoms with Crippen LogP contribution in [0.3, 0.4) is 0 Å². The van der Waals surface area contributed by atoms with Gasteiger partial charge in [-0.25, -0.2) is 0 Å². The first-order valence-corrected chi connectivity index (χ1v) is 15.8. The van der Waals surface area contributed by atoms with Crippen LogP contribution in [0.25, 0.3) is 11.3 Å². The van der Waals surface area contributed by atoms with E-state index in [1.165, 1.54) is 10.9 Å². The van der Waals surface area contributed by atoms with E-state index in [0.29, 0.717) is 5.02 Å². The standard InChI is InChI=1S/C39H28ClF3N4O/c40-33-18-16-28(17-19-33)37(20-21-37)26-48-34-23-27(22-32(24-34)39(41,42)43)36-35(25-44)45-47(46-36)38(29-10-4-1-5-11-29,30-12-6-2-7-13-30)31-14-8-3-9-15-31/h1-19,22-24H,20-21,26H2. The molecule has 1 fully saturated rings. The Morgan fingerprint density at radius 1 is 0.729 bits per heavy atom. The highest BCUT2D eigenvalue weighted by Gasteiger charge is 2.45. The highest BCUT2D eigenvalue weighted by atomic mass is 35.5. The fourth-order valence-corrected chi connectivity index (χ4v) is 6.41. The Hall–Kier alpha value is -5.39. The summed E-state index contributed by atoms with van der Waals surface area (Å²) in [5.74, 6) is 0.0268. The Labute approximate surface area is 280 Å². The van der Waals surface area contributed by atoms with E-state index in [9.17, 15) is 18.4 Å². The van der Waals surface area contributed by atoms with E-state index in [4.69, 9.17) is 21.4 Å². The van der Waals surface area contributed by atoms with Gasteiger partial charge in [-0.3, -0.25) is 0 Å². The van der Waals surface area contributed by atoms with Gasteiger partial charge in [0.15, 0.2) is 11.2 Å². The number of benzene rings is 5. The monoisotopic (exact) mass is 660 g/mol. The number of aromatic nitrogens is 3. The van der Waals surface area contributed by atoms with Crippen molar-refractivity contribution in [2.45, 2.75) is 30.0 Å². The molecule has 0 bridgehead atoms. The fourth-order valence-electron chi connectivity index (χ4n) is 6.29. The van der Waals surface area contributed by atoms with Gasteiger partial charge in [-0.15, -0.1) is 5.10 Å². The number of ether oxygens (including phenoxy) is 1. The highest BCUT2D eigenvalue weighted by Crippen LogP contribution is 2.49. The van der Waals surface area contributed by atoms with Crippen LogP contribution in [0.5, 0.6) is 5.75 Å². The van der Waals surface area contributed by atoms with Crippen LogP contribution in [0.4, 0.5) is 13.2 Å². The SMILES string of the molecule is N#Cc1nn(C(c2ccccc2)(c2ccccc2)c2ccccc2)nc1-c1cc(OCC2(c3ccc(Cl)cc3)CC2)cc(C(F)(F)F)c1. The summed E-state index contributed by atoms with van der Waals surface area (Å²) in [5.41, 5.74) is 1.02. The molecule has 1 saturated carbocycles. The molecule has 0 radical (unpaired) electrons. The number of nitriles is 1. The van der Waals surface area contributed by atoms with Gasteiger partial charge in [0.1, 0.15) is 17.5 Å². The molecule has 0 saturated heterocycles. The number of halogens is 4. The van der Waals surface area contributed by atoms with Crippen molar-refractivity contribution in [2.75, 3.05) is 6.61 Å². The first-order valence-electron chi connectivity index (χ1n) is 15.4. The molecule has 0 spiro atoms. The average Bonchev–Trinajstić information content (AvgIpc) is 3.79. The first kappa shape index (κ1) is 31.2. The van der Waals surface area contributed by atoms with Crippen molar-refractivity contribution in [3.8, 4) is 23.1 Å². The maximum Gasteiger partial charge on any atom is 0.416 e. The molecule has 1 heterocycles. The second kappa shape index (κ2) is 12.3. The largest absolute Gasteiger partial charge is 0.493 e. The number of rotatable bonds is 9. The number of hydrogen-bond donors (Lipinski definition) is 0. The molecular formula is C39H28ClF3N4O. The van der Waals surface area contributed by atoms with E-state index in [-0.39, 0.29) is 34.7 Å². The summed E-state index contributed by atoms with van der Waals surface area (Å²) in [6.45, 7) is 0.187. The minimum absolute atomic E-state index is 0.0134. The van der Waals surface area contributed by atoms with Crippen LogP contribution in [0.15, 0.2) is 133 Å². The summed E-state index contributed by atoms with van der Waals surface area (Å²) < 4.78 is 49.1. The zero-order chi connectivity index (χ0) is 33.4. The summed E-state index contributed by atoms with van der Waals surface area (Å²) in [7, 11) is 0. The molecule has 1 aliphatic carbocycles. The van der Waals surface area contributed by atoms with E-state index in [2.05, 4.69) is 11.2 Å². The second-order valence-corrected chi connectivity index (χ2v) is 12.4. The Bertz CT molecular complexity index is 1990. The van der Waals surface area contributed by atoms with Crippen LogP contribution in [0.2, 0.25) is 5.02 Å². The summed E-state index contributed by atoms with van der Waals surface area (Å²) in [6.07, 6.45) is -2.99. The molecule has 9 heteroatoms. The molecule has 0 atom stereocenters. The highest BCUT2D eigenvalue weighted by molar-refractivity contribution is 6.30. The second-order valence-electron chi connectivity index (χ2n) is 11.9. The lowest BCUT2D eigenvalue weighted by Gasteiger charge is -2.34. The molecule has 5 nitrogen and oxygen atoms in total. The lowest BCUT2D eigenvalue weighted by molar-refractivity contribution is -0.137. The summed E-state index contributed by atoms with van der Waals surface area (Å²) in [6, 6.07) is 41.8. The third kappa shape index (κ3) is 5.71. The van der Waals surface area contributed by atoms with Gasteiger partial charge in [-0.2, -0.15) is 28.3 Å². The average molecular weight is 661 g/mol. The van der Waals surface area contributed by atoms with Crippen LogP contribution < -0.4 is 4.74 Å². The quantitative estimate of drug-likeness (QED) is 0.145. The molecule has 7 rings (SSSR count). The van der Waals surface area contributed by atoms with E-state index in [0.717, 1.165) is 47.2 Å². The van der Waals surface area contributed by atoms with Gasteiger partial charge in [0.25, 0.3) is 0 Å². The van der Waals surface area contributed by atoms with E-state index >= 15 is 0 Å². The predicted octanol–water partition coefficient (Wildman–Crippen LogP) is 9.44. The molecule has 0 N–H and O–H groups in total. The zero-order valence-corrected chi connectivity index (χ0v) is 26.3. The zero-order valence-electron chi connectivity index (χ0n) is 25.5. The predicted molar refractivity (Wildman–Crippen MR) is 178 cm³/mol. The number of hydrogen-bond acceptors (Lipinski definition) is 4. The van der Waals surface area contributed by atoms with Gasteiger partial charge in [-0.1, -0.05) is 115 Å². The Kier molecular flexibility index (Phi) is 8.02. The van der Waals surface area contributed by atoms with E-state index in [1.54, 1.807) is 12.1 Å². The first-order chi connectivity index (χ1) is 23.2. The lowest BCUT2D eigenvalue weighted by Crippen LogP contribution is -2.39. The smallest absolute Gasteiger partial charge is 0.416 e. The summed E-state index contributed by atoms with van der Waals surface area (Å²) in [5, 5.41) is 20.4. The van der Waals surface area contributed by atoms with Crippen LogP contribution in [0, 0.1) is 11.3 Å².